The van der Waals surface area contributed by atoms with Crippen molar-refractivity contribution in [2.24, 2.45) is 17.4 Å². The Morgan fingerprint density at radius 1 is 1.03 bits per heavy atom. The van der Waals surface area contributed by atoms with Crippen LogP contribution in [0.25, 0.3) is 10.9 Å². The summed E-state index contributed by atoms with van der Waals surface area (Å²) in [7, 11) is 0. The van der Waals surface area contributed by atoms with Crippen molar-refractivity contribution in [3.63, 3.8) is 0 Å². The molecule has 12 nitrogen and oxygen atoms in total. The Morgan fingerprint density at radius 3 is 2.29 bits per heavy atom. The van der Waals surface area contributed by atoms with E-state index in [0.29, 0.717) is 6.42 Å². The van der Waals surface area contributed by atoms with E-state index in [1.54, 1.807) is 20.0 Å². The number of nitrogens with two attached hydrogens (primary N) is 2. The van der Waals surface area contributed by atoms with Crippen LogP contribution in [0.3, 0.4) is 0 Å². The van der Waals surface area contributed by atoms with E-state index < -0.39 is 53.8 Å². The molecular formula is C25H36N6O6S. The fourth-order valence-corrected chi connectivity index (χ4v) is 4.12. The first-order chi connectivity index (χ1) is 18.0. The third kappa shape index (κ3) is 8.48. The van der Waals surface area contributed by atoms with E-state index >= 15 is 0 Å². The van der Waals surface area contributed by atoms with Crippen LogP contribution in [0.15, 0.2) is 30.5 Å². The van der Waals surface area contributed by atoms with E-state index in [2.05, 4.69) is 33.6 Å². The highest BCUT2D eigenvalue weighted by Gasteiger charge is 2.32. The molecule has 0 aliphatic heterocycles. The lowest BCUT2D eigenvalue weighted by Gasteiger charge is -2.27. The van der Waals surface area contributed by atoms with Crippen LogP contribution in [-0.2, 0) is 30.4 Å². The van der Waals surface area contributed by atoms with Crippen LogP contribution in [0.2, 0.25) is 0 Å². The number of carboxylic acid groups (broad SMARTS) is 1. The van der Waals surface area contributed by atoms with Gasteiger partial charge < -0.3 is 37.5 Å². The highest BCUT2D eigenvalue weighted by Crippen LogP contribution is 2.19. The number of thiol groups is 1. The minimum absolute atomic E-state index is 0.0669. The molecule has 208 valence electrons. The van der Waals surface area contributed by atoms with Gasteiger partial charge in [0.25, 0.3) is 0 Å². The molecule has 5 atom stereocenters. The van der Waals surface area contributed by atoms with E-state index in [9.17, 15) is 29.1 Å². The predicted molar refractivity (Wildman–Crippen MR) is 145 cm³/mol. The molecule has 0 aliphatic rings. The average Bonchev–Trinajstić information content (AvgIpc) is 3.29. The second-order valence-corrected chi connectivity index (χ2v) is 9.56. The fraction of sp³-hybridized carbons (Fsp3) is 0.480. The van der Waals surface area contributed by atoms with Crippen LogP contribution in [0, 0.1) is 5.92 Å². The summed E-state index contributed by atoms with van der Waals surface area (Å²) in [5.41, 5.74) is 13.0. The van der Waals surface area contributed by atoms with Crippen molar-refractivity contribution in [1.82, 2.24) is 20.9 Å². The van der Waals surface area contributed by atoms with Gasteiger partial charge in [-0.1, -0.05) is 38.5 Å². The Bertz CT molecular complexity index is 1150. The summed E-state index contributed by atoms with van der Waals surface area (Å²) in [6.07, 6.45) is 2.08. The summed E-state index contributed by atoms with van der Waals surface area (Å²) in [5, 5.41) is 17.9. The number of fused-ring (bicyclic) bond motifs is 1. The smallest absolute Gasteiger partial charge is 0.326 e. The first kappa shape index (κ1) is 30.6. The topological polar surface area (TPSA) is 209 Å². The summed E-state index contributed by atoms with van der Waals surface area (Å²) in [5.74, 6) is -4.44. The lowest BCUT2D eigenvalue weighted by molar-refractivity contribution is -0.143. The van der Waals surface area contributed by atoms with E-state index in [-0.39, 0.29) is 30.9 Å². The summed E-state index contributed by atoms with van der Waals surface area (Å²) < 4.78 is 0. The maximum Gasteiger partial charge on any atom is 0.326 e. The Kier molecular flexibility index (Phi) is 11.6. The molecule has 2 rings (SSSR count). The number of nitrogens with one attached hydrogen (secondary N) is 4. The van der Waals surface area contributed by atoms with Crippen molar-refractivity contribution >= 4 is 53.1 Å². The molecule has 38 heavy (non-hydrogen) atoms. The van der Waals surface area contributed by atoms with Gasteiger partial charge in [0.2, 0.25) is 23.6 Å². The van der Waals surface area contributed by atoms with Crippen molar-refractivity contribution in [2.45, 2.75) is 63.7 Å². The van der Waals surface area contributed by atoms with Crippen molar-refractivity contribution in [3.05, 3.63) is 36.0 Å². The number of hydrogen-bond acceptors (Lipinski definition) is 7. The Hall–Kier alpha value is -3.58. The molecule has 0 fully saturated rings. The maximum atomic E-state index is 13.0. The van der Waals surface area contributed by atoms with Crippen molar-refractivity contribution in [1.29, 1.82) is 0 Å². The van der Waals surface area contributed by atoms with Crippen LogP contribution in [0.5, 0.6) is 0 Å². The van der Waals surface area contributed by atoms with Gasteiger partial charge >= 0.3 is 5.97 Å². The number of carboxylic acids is 1. The van der Waals surface area contributed by atoms with E-state index in [1.165, 1.54) is 0 Å². The SMILES string of the molecule is CCC(C)C(NC(=O)C(CS)NC(=O)C(N)Cc1c[nH]c2ccccc12)C(=O)NC(CCC(N)=O)C(=O)O. The lowest BCUT2D eigenvalue weighted by atomic mass is 9.97. The second kappa shape index (κ2) is 14.4. The normalized spacial score (nSPS) is 15.1. The zero-order valence-electron chi connectivity index (χ0n) is 21.4. The molecule has 0 saturated carbocycles. The molecule has 13 heteroatoms. The molecule has 4 amide bonds. The molecular weight excluding hydrogens is 512 g/mol. The zero-order chi connectivity index (χ0) is 28.4. The third-order valence-corrected chi connectivity index (χ3v) is 6.72. The standard InChI is InChI=1S/C25H36N6O6S/c1-3-13(2)21(24(35)29-18(25(36)37)8-9-20(27)32)31-23(34)19(12-38)30-22(33)16(26)10-14-11-28-17-7-5-4-6-15(14)17/h4-7,11,13,16,18-19,21,28,38H,3,8-10,12,26H2,1-2H3,(H2,27,32)(H,29,35)(H,30,33)(H,31,34)(H,36,37). The first-order valence-electron chi connectivity index (χ1n) is 12.3. The van der Waals surface area contributed by atoms with Gasteiger partial charge in [-0.3, -0.25) is 19.2 Å². The minimum atomic E-state index is -1.36. The molecule has 2 aromatic rings. The predicted octanol–water partition coefficient (Wildman–Crippen LogP) is -0.182. The van der Waals surface area contributed by atoms with Gasteiger partial charge in [0.1, 0.15) is 18.1 Å². The number of aromatic nitrogens is 1. The molecule has 0 bridgehead atoms. The van der Waals surface area contributed by atoms with Gasteiger partial charge in [0.15, 0.2) is 0 Å². The van der Waals surface area contributed by atoms with Crippen molar-refractivity contribution < 1.29 is 29.1 Å². The number of aromatic amines is 1. The number of amides is 4. The van der Waals surface area contributed by atoms with Gasteiger partial charge in [0.05, 0.1) is 6.04 Å². The molecule has 9 N–H and O–H groups in total. The number of aliphatic carboxylic acids is 1. The fourth-order valence-electron chi connectivity index (χ4n) is 3.86. The van der Waals surface area contributed by atoms with Crippen LogP contribution < -0.4 is 27.4 Å². The number of para-hydroxylation sites is 1. The molecule has 1 heterocycles. The van der Waals surface area contributed by atoms with Crippen LogP contribution in [-0.4, -0.2) is 69.6 Å². The summed E-state index contributed by atoms with van der Waals surface area (Å²) in [6.45, 7) is 3.52. The Labute approximate surface area is 226 Å². The van der Waals surface area contributed by atoms with Gasteiger partial charge in [-0.2, -0.15) is 12.6 Å². The van der Waals surface area contributed by atoms with Gasteiger partial charge in [-0.25, -0.2) is 4.79 Å². The first-order valence-corrected chi connectivity index (χ1v) is 12.9. The largest absolute Gasteiger partial charge is 0.480 e. The second-order valence-electron chi connectivity index (χ2n) is 9.19. The van der Waals surface area contributed by atoms with Crippen LogP contribution in [0.4, 0.5) is 0 Å². The molecule has 0 spiro atoms. The van der Waals surface area contributed by atoms with Gasteiger partial charge in [-0.05, 0) is 30.4 Å². The summed E-state index contributed by atoms with van der Waals surface area (Å²) in [4.78, 5) is 64.4. The zero-order valence-corrected chi connectivity index (χ0v) is 22.3. The van der Waals surface area contributed by atoms with Crippen LogP contribution >= 0.6 is 12.6 Å². The van der Waals surface area contributed by atoms with E-state index in [1.807, 2.05) is 24.3 Å². The number of hydrogen-bond donors (Lipinski definition) is 8. The van der Waals surface area contributed by atoms with Crippen LogP contribution in [0.1, 0.15) is 38.7 Å². The summed E-state index contributed by atoms with van der Waals surface area (Å²) >= 11 is 4.17. The monoisotopic (exact) mass is 548 g/mol. The number of primary amides is 1. The number of H-pyrrole nitrogens is 1. The number of carbonyl (C=O) groups excluding carboxylic acids is 4. The quantitative estimate of drug-likeness (QED) is 0.141. The molecule has 5 unspecified atom stereocenters. The molecule has 0 saturated heterocycles. The molecule has 1 aromatic carbocycles. The maximum absolute atomic E-state index is 13.0. The van der Waals surface area contributed by atoms with Gasteiger partial charge in [-0.15, -0.1) is 0 Å². The van der Waals surface area contributed by atoms with Gasteiger partial charge in [0, 0.05) is 29.3 Å². The molecule has 0 aliphatic carbocycles. The lowest BCUT2D eigenvalue weighted by Crippen LogP contribution is -2.59. The Balaban J connectivity index is 2.05. The van der Waals surface area contributed by atoms with Crippen molar-refractivity contribution in [2.75, 3.05) is 5.75 Å². The molecule has 1 aromatic heterocycles. The number of benzene rings is 1. The Morgan fingerprint density at radius 2 is 1.68 bits per heavy atom. The molecule has 0 radical (unpaired) electrons. The number of rotatable bonds is 15. The minimum Gasteiger partial charge on any atom is -0.480 e. The average molecular weight is 549 g/mol. The highest BCUT2D eigenvalue weighted by atomic mass is 32.1. The van der Waals surface area contributed by atoms with E-state index in [0.717, 1.165) is 16.5 Å². The third-order valence-electron chi connectivity index (χ3n) is 6.35. The highest BCUT2D eigenvalue weighted by molar-refractivity contribution is 7.80. The summed E-state index contributed by atoms with van der Waals surface area (Å²) in [6, 6.07) is 3.10. The van der Waals surface area contributed by atoms with Crippen molar-refractivity contribution in [3.8, 4) is 0 Å². The number of carbonyl (C=O) groups is 5. The van der Waals surface area contributed by atoms with E-state index in [4.69, 9.17) is 11.5 Å².